The third-order valence-corrected chi connectivity index (χ3v) is 2.87. The molecule has 0 saturated carbocycles. The van der Waals surface area contributed by atoms with Crippen LogP contribution in [0.5, 0.6) is 5.75 Å². The number of hydrogen-bond acceptors (Lipinski definition) is 3. The number of rotatable bonds is 5. The highest BCUT2D eigenvalue weighted by Gasteiger charge is 2.33. The average molecular weight is 271 g/mol. The minimum atomic E-state index is -0.827. The molecule has 104 valence electrons. The molecule has 6 heteroatoms. The lowest BCUT2D eigenvalue weighted by atomic mass is 9.89. The Morgan fingerprint density at radius 1 is 1.47 bits per heavy atom. The molecule has 0 radical (unpaired) electrons. The zero-order valence-corrected chi connectivity index (χ0v) is 10.5. The number of amides is 1. The Morgan fingerprint density at radius 3 is 2.79 bits per heavy atom. The van der Waals surface area contributed by atoms with Crippen molar-refractivity contribution in [3.63, 3.8) is 0 Å². The molecule has 1 amide bonds. The molecule has 1 fully saturated rings. The van der Waals surface area contributed by atoms with E-state index in [2.05, 4.69) is 5.32 Å². The molecule has 19 heavy (non-hydrogen) atoms. The second kappa shape index (κ2) is 5.52. The van der Waals surface area contributed by atoms with E-state index < -0.39 is 11.6 Å². The van der Waals surface area contributed by atoms with E-state index in [-0.39, 0.29) is 23.7 Å². The fourth-order valence-electron chi connectivity index (χ4n) is 1.65. The molecule has 1 aromatic carbocycles. The van der Waals surface area contributed by atoms with Crippen molar-refractivity contribution < 1.29 is 23.0 Å². The van der Waals surface area contributed by atoms with Gasteiger partial charge in [-0.05, 0) is 12.1 Å². The molecule has 4 nitrogen and oxygen atoms in total. The van der Waals surface area contributed by atoms with E-state index in [0.29, 0.717) is 25.8 Å². The Kier molecular flexibility index (Phi) is 3.99. The van der Waals surface area contributed by atoms with E-state index in [1.165, 1.54) is 0 Å². The lowest BCUT2D eigenvalue weighted by Gasteiger charge is -2.37. The topological polar surface area (TPSA) is 47.6 Å². The van der Waals surface area contributed by atoms with Crippen LogP contribution in [-0.4, -0.2) is 32.3 Å². The van der Waals surface area contributed by atoms with Crippen LogP contribution in [0.4, 0.5) is 8.78 Å². The summed E-state index contributed by atoms with van der Waals surface area (Å²) in [5, 5.41) is 2.69. The Labute approximate surface area is 109 Å². The van der Waals surface area contributed by atoms with Crippen LogP contribution in [0, 0.1) is 17.0 Å². The predicted octanol–water partition coefficient (Wildman–Crippen LogP) is 1.50. The maximum Gasteiger partial charge on any atom is 0.257 e. The molecular weight excluding hydrogens is 256 g/mol. The number of halogens is 2. The summed E-state index contributed by atoms with van der Waals surface area (Å²) in [6.45, 7) is 3.40. The second-order valence-electron chi connectivity index (χ2n) is 4.94. The largest absolute Gasteiger partial charge is 0.481 e. The molecule has 1 aliphatic rings. The van der Waals surface area contributed by atoms with Crippen molar-refractivity contribution in [3.8, 4) is 5.75 Å². The first-order chi connectivity index (χ1) is 8.98. The van der Waals surface area contributed by atoms with Crippen LogP contribution in [0.2, 0.25) is 0 Å². The SMILES string of the molecule is CC1(CNC(=O)COc2ccc(F)cc2F)COC1. The first-order valence-corrected chi connectivity index (χ1v) is 5.91. The Balaban J connectivity index is 1.76. The summed E-state index contributed by atoms with van der Waals surface area (Å²) >= 11 is 0. The molecule has 0 spiro atoms. The van der Waals surface area contributed by atoms with Crippen LogP contribution < -0.4 is 10.1 Å². The van der Waals surface area contributed by atoms with Gasteiger partial charge in [-0.2, -0.15) is 0 Å². The maximum atomic E-state index is 13.2. The van der Waals surface area contributed by atoms with Gasteiger partial charge < -0.3 is 14.8 Å². The molecule has 0 unspecified atom stereocenters. The summed E-state index contributed by atoms with van der Waals surface area (Å²) in [6, 6.07) is 2.93. The van der Waals surface area contributed by atoms with Gasteiger partial charge in [-0.3, -0.25) is 4.79 Å². The molecule has 1 aromatic rings. The number of carbonyl (C=O) groups excluding carboxylic acids is 1. The molecule has 0 bridgehead atoms. The Bertz CT molecular complexity index is 475. The Hall–Kier alpha value is -1.69. The smallest absolute Gasteiger partial charge is 0.257 e. The summed E-state index contributed by atoms with van der Waals surface area (Å²) in [7, 11) is 0. The summed E-state index contributed by atoms with van der Waals surface area (Å²) in [5.41, 5.74) is -0.0310. The van der Waals surface area contributed by atoms with E-state index in [1.807, 2.05) is 6.92 Å². The zero-order valence-electron chi connectivity index (χ0n) is 10.5. The summed E-state index contributed by atoms with van der Waals surface area (Å²) < 4.78 is 35.9. The minimum absolute atomic E-state index is 0.0310. The van der Waals surface area contributed by atoms with Gasteiger partial charge in [0.15, 0.2) is 18.2 Å². The number of hydrogen-bond donors (Lipinski definition) is 1. The summed E-state index contributed by atoms with van der Waals surface area (Å²) in [4.78, 5) is 11.5. The van der Waals surface area contributed by atoms with Gasteiger partial charge in [-0.25, -0.2) is 8.78 Å². The third-order valence-electron chi connectivity index (χ3n) is 2.87. The highest BCUT2D eigenvalue weighted by atomic mass is 19.1. The van der Waals surface area contributed by atoms with Gasteiger partial charge in [-0.15, -0.1) is 0 Å². The van der Waals surface area contributed by atoms with Crippen molar-refractivity contribution >= 4 is 5.91 Å². The lowest BCUT2D eigenvalue weighted by Crippen LogP contribution is -2.49. The van der Waals surface area contributed by atoms with Crippen LogP contribution in [0.15, 0.2) is 18.2 Å². The second-order valence-corrected chi connectivity index (χ2v) is 4.94. The van der Waals surface area contributed by atoms with Gasteiger partial charge in [0.25, 0.3) is 5.91 Å². The molecular formula is C13H15F2NO3. The molecule has 0 aliphatic carbocycles. The fraction of sp³-hybridized carbons (Fsp3) is 0.462. The highest BCUT2D eigenvalue weighted by Crippen LogP contribution is 2.25. The highest BCUT2D eigenvalue weighted by molar-refractivity contribution is 5.77. The first-order valence-electron chi connectivity index (χ1n) is 5.91. The van der Waals surface area contributed by atoms with E-state index in [1.54, 1.807) is 0 Å². The van der Waals surface area contributed by atoms with Crippen LogP contribution in [0.25, 0.3) is 0 Å². The van der Waals surface area contributed by atoms with Crippen LogP contribution in [-0.2, 0) is 9.53 Å². The predicted molar refractivity (Wildman–Crippen MR) is 63.8 cm³/mol. The van der Waals surface area contributed by atoms with Crippen molar-refractivity contribution in [2.45, 2.75) is 6.92 Å². The maximum absolute atomic E-state index is 13.2. The number of ether oxygens (including phenoxy) is 2. The third kappa shape index (κ3) is 3.64. The van der Waals surface area contributed by atoms with Crippen LogP contribution >= 0.6 is 0 Å². The normalized spacial score (nSPS) is 16.6. The van der Waals surface area contributed by atoms with E-state index >= 15 is 0 Å². The van der Waals surface area contributed by atoms with E-state index in [4.69, 9.17) is 9.47 Å². The van der Waals surface area contributed by atoms with E-state index in [9.17, 15) is 13.6 Å². The van der Waals surface area contributed by atoms with Gasteiger partial charge in [0.05, 0.1) is 13.2 Å². The van der Waals surface area contributed by atoms with Crippen molar-refractivity contribution in [3.05, 3.63) is 29.8 Å². The number of nitrogens with one attached hydrogen (secondary N) is 1. The van der Waals surface area contributed by atoms with Crippen molar-refractivity contribution in [1.29, 1.82) is 0 Å². The van der Waals surface area contributed by atoms with Gasteiger partial charge >= 0.3 is 0 Å². The van der Waals surface area contributed by atoms with Gasteiger partial charge in [0, 0.05) is 18.0 Å². The molecule has 1 N–H and O–H groups in total. The number of benzene rings is 1. The minimum Gasteiger partial charge on any atom is -0.481 e. The standard InChI is InChI=1S/C13H15F2NO3/c1-13(7-18-8-13)6-16-12(17)5-19-11-3-2-9(14)4-10(11)15/h2-4H,5-8H2,1H3,(H,16,17). The van der Waals surface area contributed by atoms with Crippen molar-refractivity contribution in [2.75, 3.05) is 26.4 Å². The van der Waals surface area contributed by atoms with E-state index in [0.717, 1.165) is 12.1 Å². The fourth-order valence-corrected chi connectivity index (χ4v) is 1.65. The van der Waals surface area contributed by atoms with Gasteiger partial charge in [-0.1, -0.05) is 6.92 Å². The Morgan fingerprint density at radius 2 is 2.21 bits per heavy atom. The van der Waals surface area contributed by atoms with Crippen LogP contribution in [0.3, 0.4) is 0 Å². The van der Waals surface area contributed by atoms with Crippen LogP contribution in [0.1, 0.15) is 6.92 Å². The van der Waals surface area contributed by atoms with Gasteiger partial charge in [0.2, 0.25) is 0 Å². The monoisotopic (exact) mass is 271 g/mol. The van der Waals surface area contributed by atoms with Gasteiger partial charge in [0.1, 0.15) is 5.82 Å². The first kappa shape index (κ1) is 13.7. The summed E-state index contributed by atoms with van der Waals surface area (Å²) in [6.07, 6.45) is 0. The lowest BCUT2D eigenvalue weighted by molar-refractivity contribution is -0.128. The zero-order chi connectivity index (χ0) is 13.9. The molecule has 0 aromatic heterocycles. The van der Waals surface area contributed by atoms with Crippen molar-refractivity contribution in [2.24, 2.45) is 5.41 Å². The molecule has 2 rings (SSSR count). The molecule has 0 atom stereocenters. The average Bonchev–Trinajstić information content (AvgIpc) is 2.33. The number of carbonyl (C=O) groups is 1. The molecule has 1 aliphatic heterocycles. The quantitative estimate of drug-likeness (QED) is 0.882. The van der Waals surface area contributed by atoms with Crippen molar-refractivity contribution in [1.82, 2.24) is 5.32 Å². The molecule has 1 saturated heterocycles. The molecule has 1 heterocycles. The summed E-state index contributed by atoms with van der Waals surface area (Å²) in [5.74, 6) is -2.01.